The second-order valence-electron chi connectivity index (χ2n) is 4.33. The Morgan fingerprint density at radius 3 is 2.57 bits per heavy atom. The minimum Gasteiger partial charge on any atom is -0.372 e. The highest BCUT2D eigenvalue weighted by Crippen LogP contribution is 2.22. The van der Waals surface area contributed by atoms with E-state index in [0.29, 0.717) is 5.56 Å². The van der Waals surface area contributed by atoms with Gasteiger partial charge in [-0.25, -0.2) is 0 Å². The van der Waals surface area contributed by atoms with Gasteiger partial charge in [-0.2, -0.15) is 0 Å². The Hall–Kier alpha value is -2.54. The summed E-state index contributed by atoms with van der Waals surface area (Å²) < 4.78 is 4.88. The van der Waals surface area contributed by atoms with E-state index in [-0.39, 0.29) is 24.0 Å². The van der Waals surface area contributed by atoms with Crippen LogP contribution < -0.4 is 11.1 Å². The van der Waals surface area contributed by atoms with Crippen LogP contribution in [0, 0.1) is 0 Å². The highest BCUT2D eigenvalue weighted by atomic mass is 16.5. The van der Waals surface area contributed by atoms with Crippen molar-refractivity contribution in [2.45, 2.75) is 19.4 Å². The Morgan fingerprint density at radius 1 is 1.38 bits per heavy atom. The topological polar surface area (TPSA) is 116 Å². The fourth-order valence-corrected chi connectivity index (χ4v) is 1.66. The Bertz CT molecular complexity index is 583. The molecule has 0 heterocycles. The van der Waals surface area contributed by atoms with Gasteiger partial charge in [0.1, 0.15) is 6.10 Å². The molecule has 1 rings (SSSR count). The minimum absolute atomic E-state index is 0.0582. The number of benzene rings is 1. The Morgan fingerprint density at radius 2 is 2.05 bits per heavy atom. The predicted octanol–water partition coefficient (Wildman–Crippen LogP) is 0.0694. The number of hydrogen-bond acceptors (Lipinski definition) is 5. The van der Waals surface area contributed by atoms with Gasteiger partial charge in [0.05, 0.1) is 11.3 Å². The molecule has 1 aromatic rings. The highest BCUT2D eigenvalue weighted by Gasteiger charge is 2.19. The standard InChI is InChI=1S/C14H16N2O5/c1-8(21-2)14(20)16-12-9(6-10(18)7-17)4-3-5-11(12)13(15)19/h3-5,7-8H,6H2,1-2H3,(H2,15,19)(H,16,20)/t8-/m0/s1. The van der Waals surface area contributed by atoms with Gasteiger partial charge in [-0.05, 0) is 18.6 Å². The van der Waals surface area contributed by atoms with Crippen LogP contribution in [0.4, 0.5) is 5.69 Å². The van der Waals surface area contributed by atoms with Gasteiger partial charge in [-0.1, -0.05) is 12.1 Å². The molecule has 21 heavy (non-hydrogen) atoms. The molecule has 0 aliphatic carbocycles. The molecule has 0 aromatic heterocycles. The number of para-hydroxylation sites is 1. The number of ether oxygens (including phenoxy) is 1. The number of amides is 2. The van der Waals surface area contributed by atoms with Crippen molar-refractivity contribution >= 4 is 29.6 Å². The lowest BCUT2D eigenvalue weighted by molar-refractivity contribution is -0.129. The smallest absolute Gasteiger partial charge is 0.253 e. The van der Waals surface area contributed by atoms with Gasteiger partial charge in [-0.3, -0.25) is 19.2 Å². The van der Waals surface area contributed by atoms with Crippen molar-refractivity contribution < 1.29 is 23.9 Å². The van der Waals surface area contributed by atoms with E-state index in [9.17, 15) is 19.2 Å². The van der Waals surface area contributed by atoms with Crippen molar-refractivity contribution in [3.8, 4) is 0 Å². The third-order valence-corrected chi connectivity index (χ3v) is 2.88. The van der Waals surface area contributed by atoms with Crippen LogP contribution in [-0.2, 0) is 25.5 Å². The molecule has 2 amide bonds. The number of carbonyl (C=O) groups is 4. The van der Waals surface area contributed by atoms with Gasteiger partial charge in [0.15, 0.2) is 12.1 Å². The summed E-state index contributed by atoms with van der Waals surface area (Å²) in [6, 6.07) is 4.47. The number of rotatable bonds is 7. The molecule has 0 radical (unpaired) electrons. The molecule has 0 saturated heterocycles. The second kappa shape index (κ2) is 7.30. The summed E-state index contributed by atoms with van der Waals surface area (Å²) in [4.78, 5) is 45.1. The number of anilines is 1. The molecule has 7 nitrogen and oxygen atoms in total. The molecule has 3 N–H and O–H groups in total. The number of carbonyl (C=O) groups excluding carboxylic acids is 4. The Balaban J connectivity index is 3.23. The Kier molecular flexibility index (Phi) is 5.74. The zero-order chi connectivity index (χ0) is 16.0. The fourth-order valence-electron chi connectivity index (χ4n) is 1.66. The van der Waals surface area contributed by atoms with Crippen molar-refractivity contribution in [2.75, 3.05) is 12.4 Å². The van der Waals surface area contributed by atoms with Crippen LogP contribution >= 0.6 is 0 Å². The molecular weight excluding hydrogens is 276 g/mol. The molecule has 0 aliphatic rings. The molecule has 1 aromatic carbocycles. The SMILES string of the molecule is CO[C@@H](C)C(=O)Nc1c(CC(=O)C=O)cccc1C(N)=O. The summed E-state index contributed by atoms with van der Waals surface area (Å²) >= 11 is 0. The normalized spacial score (nSPS) is 11.5. The quantitative estimate of drug-likeness (QED) is 0.545. The first kappa shape index (κ1) is 16.5. The van der Waals surface area contributed by atoms with E-state index in [0.717, 1.165) is 0 Å². The molecule has 0 aliphatic heterocycles. The average Bonchev–Trinajstić information content (AvgIpc) is 2.47. The van der Waals surface area contributed by atoms with Gasteiger partial charge in [0.2, 0.25) is 0 Å². The number of aldehydes is 1. The monoisotopic (exact) mass is 292 g/mol. The van der Waals surface area contributed by atoms with E-state index in [1.165, 1.54) is 32.2 Å². The minimum atomic E-state index is -0.754. The summed E-state index contributed by atoms with van der Waals surface area (Å²) in [5.74, 6) is -1.92. The number of methoxy groups -OCH3 is 1. The Labute approximate surface area is 121 Å². The van der Waals surface area contributed by atoms with Crippen LogP contribution in [-0.4, -0.2) is 37.1 Å². The van der Waals surface area contributed by atoms with Crippen LogP contribution in [0.1, 0.15) is 22.8 Å². The van der Waals surface area contributed by atoms with E-state index in [1.807, 2.05) is 0 Å². The van der Waals surface area contributed by atoms with E-state index in [1.54, 1.807) is 0 Å². The van der Waals surface area contributed by atoms with Crippen molar-refractivity contribution in [3.05, 3.63) is 29.3 Å². The van der Waals surface area contributed by atoms with Crippen LogP contribution in [0.3, 0.4) is 0 Å². The molecule has 0 fully saturated rings. The highest BCUT2D eigenvalue weighted by molar-refractivity contribution is 6.26. The number of nitrogens with one attached hydrogen (secondary N) is 1. The van der Waals surface area contributed by atoms with Crippen LogP contribution in [0.2, 0.25) is 0 Å². The maximum absolute atomic E-state index is 11.9. The molecule has 0 bridgehead atoms. The van der Waals surface area contributed by atoms with E-state index < -0.39 is 23.7 Å². The largest absolute Gasteiger partial charge is 0.372 e. The van der Waals surface area contributed by atoms with E-state index in [4.69, 9.17) is 10.5 Å². The third-order valence-electron chi connectivity index (χ3n) is 2.88. The van der Waals surface area contributed by atoms with Gasteiger partial charge >= 0.3 is 0 Å². The first-order valence-corrected chi connectivity index (χ1v) is 6.14. The van der Waals surface area contributed by atoms with Crippen LogP contribution in [0.25, 0.3) is 0 Å². The second-order valence-corrected chi connectivity index (χ2v) is 4.33. The lowest BCUT2D eigenvalue weighted by Gasteiger charge is -2.16. The van der Waals surface area contributed by atoms with Crippen molar-refractivity contribution in [1.82, 2.24) is 0 Å². The third kappa shape index (κ3) is 4.22. The van der Waals surface area contributed by atoms with Gasteiger partial charge in [0, 0.05) is 13.5 Å². The maximum Gasteiger partial charge on any atom is 0.253 e. The van der Waals surface area contributed by atoms with Crippen molar-refractivity contribution in [2.24, 2.45) is 5.73 Å². The average molecular weight is 292 g/mol. The summed E-state index contributed by atoms with van der Waals surface area (Å²) in [7, 11) is 1.36. The summed E-state index contributed by atoms with van der Waals surface area (Å²) in [5, 5.41) is 2.51. The van der Waals surface area contributed by atoms with Crippen LogP contribution in [0.15, 0.2) is 18.2 Å². The van der Waals surface area contributed by atoms with Crippen molar-refractivity contribution in [3.63, 3.8) is 0 Å². The lowest BCUT2D eigenvalue weighted by Crippen LogP contribution is -2.29. The van der Waals surface area contributed by atoms with Gasteiger partial charge in [0.25, 0.3) is 11.8 Å². The molecule has 112 valence electrons. The first-order valence-electron chi connectivity index (χ1n) is 6.14. The molecule has 0 saturated carbocycles. The lowest BCUT2D eigenvalue weighted by atomic mass is 10.0. The molecule has 7 heteroatoms. The molecule has 0 spiro atoms. The molecule has 0 unspecified atom stereocenters. The van der Waals surface area contributed by atoms with E-state index >= 15 is 0 Å². The summed E-state index contributed by atoms with van der Waals surface area (Å²) in [5.41, 5.74) is 5.77. The zero-order valence-corrected chi connectivity index (χ0v) is 11.7. The summed E-state index contributed by atoms with van der Waals surface area (Å²) in [6.45, 7) is 1.53. The number of Topliss-reactive ketones (excluding diaryl/α,β-unsaturated/α-hetero) is 1. The van der Waals surface area contributed by atoms with Crippen molar-refractivity contribution in [1.29, 1.82) is 0 Å². The van der Waals surface area contributed by atoms with E-state index in [2.05, 4.69) is 5.32 Å². The zero-order valence-electron chi connectivity index (χ0n) is 11.7. The molecule has 1 atom stereocenters. The first-order chi connectivity index (χ1) is 9.90. The van der Waals surface area contributed by atoms with Crippen LogP contribution in [0.5, 0.6) is 0 Å². The summed E-state index contributed by atoms with van der Waals surface area (Å²) in [6.07, 6.45) is -0.803. The van der Waals surface area contributed by atoms with Gasteiger partial charge < -0.3 is 15.8 Å². The predicted molar refractivity (Wildman–Crippen MR) is 74.8 cm³/mol. The fraction of sp³-hybridized carbons (Fsp3) is 0.286. The maximum atomic E-state index is 11.9. The number of ketones is 1. The molecular formula is C14H16N2O5. The number of primary amides is 1. The van der Waals surface area contributed by atoms with Gasteiger partial charge in [-0.15, -0.1) is 0 Å². The number of nitrogens with two attached hydrogens (primary N) is 1. The number of hydrogen-bond donors (Lipinski definition) is 2.